The van der Waals surface area contributed by atoms with Gasteiger partial charge >= 0.3 is 5.97 Å². The monoisotopic (exact) mass is 1020 g/mol. The molecule has 1 aliphatic heterocycles. The van der Waals surface area contributed by atoms with E-state index in [2.05, 4.69) is 105 Å². The van der Waals surface area contributed by atoms with Crippen LogP contribution in [0.4, 0.5) is 0 Å². The molecule has 416 valence electrons. The van der Waals surface area contributed by atoms with Gasteiger partial charge in [-0.05, 0) is 83.5 Å². The Morgan fingerprint density at radius 2 is 1.01 bits per heavy atom. The van der Waals surface area contributed by atoms with E-state index in [0.29, 0.717) is 12.8 Å². The van der Waals surface area contributed by atoms with E-state index >= 15 is 0 Å². The fourth-order valence-electron chi connectivity index (χ4n) is 8.13. The SMILES string of the molecule is CC/C=C\C/C=C\C/C=C\C/C=C\C/C=C\C/C=C\CC(O)C(=O)NC(COC1OC(CO)C(O)C(O)C1OC(=O)CCCCCCCC/C=C/C=C/CCCCC)C(O)/C=C/CCCCCCCCCCC. The van der Waals surface area contributed by atoms with Gasteiger partial charge in [0.2, 0.25) is 5.91 Å². The molecule has 11 heteroatoms. The summed E-state index contributed by atoms with van der Waals surface area (Å²) in [7, 11) is 0. The van der Waals surface area contributed by atoms with Crippen LogP contribution in [0, 0.1) is 0 Å². The fourth-order valence-corrected chi connectivity index (χ4v) is 8.13. The maximum Gasteiger partial charge on any atom is 0.306 e. The molecule has 0 spiro atoms. The molecule has 1 amide bonds. The van der Waals surface area contributed by atoms with Crippen LogP contribution in [0.15, 0.2) is 109 Å². The minimum atomic E-state index is -1.64. The van der Waals surface area contributed by atoms with Gasteiger partial charge in [0.15, 0.2) is 12.4 Å². The highest BCUT2D eigenvalue weighted by Gasteiger charge is 2.47. The number of carbonyl (C=O) groups is 2. The molecule has 11 nitrogen and oxygen atoms in total. The van der Waals surface area contributed by atoms with Crippen LogP contribution in [-0.4, -0.2) is 99.6 Å². The van der Waals surface area contributed by atoms with E-state index in [1.807, 2.05) is 18.2 Å². The lowest BCUT2D eigenvalue weighted by molar-refractivity contribution is -0.305. The molecule has 8 atom stereocenters. The zero-order chi connectivity index (χ0) is 53.3. The van der Waals surface area contributed by atoms with Crippen LogP contribution in [0.2, 0.25) is 0 Å². The number of nitrogens with one attached hydrogen (secondary N) is 1. The molecule has 0 radical (unpaired) electrons. The summed E-state index contributed by atoms with van der Waals surface area (Å²) in [6.45, 7) is 5.55. The Labute approximate surface area is 443 Å². The summed E-state index contributed by atoms with van der Waals surface area (Å²) in [4.78, 5) is 26.4. The third-order valence-electron chi connectivity index (χ3n) is 12.7. The Bertz CT molecular complexity index is 1600. The summed E-state index contributed by atoms with van der Waals surface area (Å²) in [6, 6.07) is -1.07. The summed E-state index contributed by atoms with van der Waals surface area (Å²) in [5, 5.41) is 56.7. The Morgan fingerprint density at radius 3 is 1.53 bits per heavy atom. The van der Waals surface area contributed by atoms with Crippen molar-refractivity contribution in [2.24, 2.45) is 0 Å². The highest BCUT2D eigenvalue weighted by Crippen LogP contribution is 2.26. The van der Waals surface area contributed by atoms with Crippen molar-refractivity contribution >= 4 is 11.9 Å². The van der Waals surface area contributed by atoms with Crippen LogP contribution < -0.4 is 5.32 Å². The van der Waals surface area contributed by atoms with Crippen molar-refractivity contribution in [3.8, 4) is 0 Å². The molecule has 1 heterocycles. The molecule has 0 bridgehead atoms. The highest BCUT2D eigenvalue weighted by atomic mass is 16.7. The van der Waals surface area contributed by atoms with Crippen LogP contribution in [-0.2, 0) is 23.8 Å². The zero-order valence-electron chi connectivity index (χ0n) is 45.7. The highest BCUT2D eigenvalue weighted by molar-refractivity contribution is 5.81. The third kappa shape index (κ3) is 37.7. The first-order valence-electron chi connectivity index (χ1n) is 28.7. The number of aliphatic hydroxyl groups is 5. The minimum absolute atomic E-state index is 0.0512. The molecule has 0 aromatic rings. The number of allylic oxidation sites excluding steroid dienone is 16. The largest absolute Gasteiger partial charge is 0.454 e. The third-order valence-corrected chi connectivity index (χ3v) is 12.7. The second-order valence-corrected chi connectivity index (χ2v) is 19.3. The normalized spacial score (nSPS) is 20.2. The number of hydrogen-bond acceptors (Lipinski definition) is 10. The van der Waals surface area contributed by atoms with Crippen LogP contribution in [0.5, 0.6) is 0 Å². The van der Waals surface area contributed by atoms with Gasteiger partial charge < -0.3 is 45.1 Å². The molecular weight excluding hydrogens is 919 g/mol. The Hall–Kier alpha value is -3.68. The van der Waals surface area contributed by atoms with E-state index in [9.17, 15) is 35.1 Å². The second-order valence-electron chi connectivity index (χ2n) is 19.3. The van der Waals surface area contributed by atoms with Crippen LogP contribution >= 0.6 is 0 Å². The van der Waals surface area contributed by atoms with Gasteiger partial charge in [-0.15, -0.1) is 0 Å². The number of esters is 1. The van der Waals surface area contributed by atoms with Crippen molar-refractivity contribution in [1.82, 2.24) is 5.32 Å². The molecule has 0 aromatic carbocycles. The van der Waals surface area contributed by atoms with Crippen LogP contribution in [0.3, 0.4) is 0 Å². The molecule has 0 saturated carbocycles. The van der Waals surface area contributed by atoms with Crippen molar-refractivity contribution in [2.45, 2.75) is 256 Å². The molecule has 73 heavy (non-hydrogen) atoms. The molecular formula is C62H103NO10. The first-order chi connectivity index (χ1) is 35.7. The topological polar surface area (TPSA) is 175 Å². The number of carbonyl (C=O) groups excluding carboxylic acids is 2. The summed E-state index contributed by atoms with van der Waals surface area (Å²) >= 11 is 0. The van der Waals surface area contributed by atoms with E-state index in [1.165, 1.54) is 57.8 Å². The van der Waals surface area contributed by atoms with Gasteiger partial charge in [-0.25, -0.2) is 0 Å². The summed E-state index contributed by atoms with van der Waals surface area (Å²) < 4.78 is 17.5. The standard InChI is InChI=1S/C62H103NO10/c1-4-7-10-13-16-19-22-24-26-27-28-30-31-34-37-40-43-46-49-55(66)61(70)63-53(54(65)48-45-42-39-36-33-21-18-15-12-9-6-3)52-71-62-60(59(69)58(68)56(51-64)72-62)73-57(67)50-47-44-41-38-35-32-29-25-23-20-17-14-11-8-5-2/h7,10,16-17,19-20,23-26,28,30,34,37,43,45-46,48,53-56,58-60,62,64-66,68-69H,4-6,8-9,11-15,18,21-22,27,29,31-33,35-36,38-42,44,47,49-52H2,1-3H3,(H,63,70)/b10-7-,19-16-,20-17+,25-23+,26-24-,30-28-,37-34-,46-43-,48-45+. The van der Waals surface area contributed by atoms with E-state index in [4.69, 9.17) is 14.2 Å². The number of aliphatic hydroxyl groups excluding tert-OH is 5. The first kappa shape index (κ1) is 67.3. The van der Waals surface area contributed by atoms with Gasteiger partial charge in [-0.3, -0.25) is 9.59 Å². The van der Waals surface area contributed by atoms with E-state index < -0.39 is 67.4 Å². The van der Waals surface area contributed by atoms with Crippen LogP contribution in [0.1, 0.15) is 207 Å². The fraction of sp³-hybridized carbons (Fsp3) is 0.677. The molecule has 1 aliphatic rings. The van der Waals surface area contributed by atoms with Gasteiger partial charge in [0.05, 0.1) is 25.4 Å². The Kier molecular flexibility index (Phi) is 45.4. The Morgan fingerprint density at radius 1 is 0.562 bits per heavy atom. The number of unbranched alkanes of at least 4 members (excludes halogenated alkanes) is 18. The summed E-state index contributed by atoms with van der Waals surface area (Å²) in [6.07, 6.45) is 55.8. The Balaban J connectivity index is 2.79. The molecule has 0 aliphatic carbocycles. The van der Waals surface area contributed by atoms with Crippen molar-refractivity contribution in [3.63, 3.8) is 0 Å². The number of ether oxygens (including phenoxy) is 3. The average Bonchev–Trinajstić information content (AvgIpc) is 3.39. The number of amides is 1. The van der Waals surface area contributed by atoms with Crippen molar-refractivity contribution < 1.29 is 49.3 Å². The predicted octanol–water partition coefficient (Wildman–Crippen LogP) is 12.9. The smallest absolute Gasteiger partial charge is 0.306 e. The molecule has 6 N–H and O–H groups in total. The van der Waals surface area contributed by atoms with E-state index in [1.54, 1.807) is 12.2 Å². The first-order valence-corrected chi connectivity index (χ1v) is 28.7. The second kappa shape index (κ2) is 49.2. The number of rotatable bonds is 46. The summed E-state index contributed by atoms with van der Waals surface area (Å²) in [5.41, 5.74) is 0. The van der Waals surface area contributed by atoms with Crippen molar-refractivity contribution in [3.05, 3.63) is 109 Å². The minimum Gasteiger partial charge on any atom is -0.454 e. The van der Waals surface area contributed by atoms with E-state index in [0.717, 1.165) is 103 Å². The van der Waals surface area contributed by atoms with Crippen molar-refractivity contribution in [1.29, 1.82) is 0 Å². The van der Waals surface area contributed by atoms with Crippen LogP contribution in [0.25, 0.3) is 0 Å². The molecule has 1 rings (SSSR count). The maximum atomic E-state index is 13.3. The van der Waals surface area contributed by atoms with Crippen molar-refractivity contribution in [2.75, 3.05) is 13.2 Å². The van der Waals surface area contributed by atoms with Gasteiger partial charge in [-0.1, -0.05) is 220 Å². The molecule has 8 unspecified atom stereocenters. The lowest BCUT2D eigenvalue weighted by Crippen LogP contribution is -2.61. The van der Waals surface area contributed by atoms with Gasteiger partial charge in [0.25, 0.3) is 0 Å². The van der Waals surface area contributed by atoms with Gasteiger partial charge in [-0.2, -0.15) is 0 Å². The van der Waals surface area contributed by atoms with Gasteiger partial charge in [0.1, 0.15) is 24.4 Å². The average molecular weight is 1020 g/mol. The lowest BCUT2D eigenvalue weighted by atomic mass is 9.99. The molecule has 1 fully saturated rings. The number of hydrogen-bond donors (Lipinski definition) is 6. The summed E-state index contributed by atoms with van der Waals surface area (Å²) in [5.74, 6) is -1.31. The zero-order valence-corrected chi connectivity index (χ0v) is 45.7. The quantitative estimate of drug-likeness (QED) is 0.0149. The predicted molar refractivity (Wildman–Crippen MR) is 301 cm³/mol. The maximum absolute atomic E-state index is 13.3. The molecule has 0 aromatic heterocycles. The van der Waals surface area contributed by atoms with E-state index in [-0.39, 0.29) is 19.4 Å². The molecule has 1 saturated heterocycles. The lowest BCUT2D eigenvalue weighted by Gasteiger charge is -2.41. The van der Waals surface area contributed by atoms with Gasteiger partial charge in [0, 0.05) is 12.8 Å².